The highest BCUT2D eigenvalue weighted by Gasteiger charge is 2.22. The van der Waals surface area contributed by atoms with Crippen molar-refractivity contribution in [2.24, 2.45) is 0 Å². The second-order valence-corrected chi connectivity index (χ2v) is 6.30. The fourth-order valence-corrected chi connectivity index (χ4v) is 2.49. The number of hydrogen-bond acceptors (Lipinski definition) is 2. The van der Waals surface area contributed by atoms with E-state index in [-0.39, 0.29) is 5.78 Å². The van der Waals surface area contributed by atoms with Gasteiger partial charge in [-0.2, -0.15) is 0 Å². The van der Waals surface area contributed by atoms with Gasteiger partial charge in [-0.15, -0.1) is 0 Å². The Bertz CT molecular complexity index is 638. The molecule has 0 aromatic heterocycles. The first kappa shape index (κ1) is 15.5. The maximum absolute atomic E-state index is 12.4. The van der Waals surface area contributed by atoms with Gasteiger partial charge in [0, 0.05) is 11.1 Å². The third kappa shape index (κ3) is 4.31. The lowest BCUT2D eigenvalue weighted by Crippen LogP contribution is -2.43. The Morgan fingerprint density at radius 3 is 2.43 bits per heavy atom. The van der Waals surface area contributed by atoms with Gasteiger partial charge in [0.1, 0.15) is 13.1 Å². The summed E-state index contributed by atoms with van der Waals surface area (Å²) in [5.41, 5.74) is 7.98. The Hall–Kier alpha value is -1.84. The molecule has 0 aliphatic rings. The van der Waals surface area contributed by atoms with E-state index in [0.717, 1.165) is 6.54 Å². The van der Waals surface area contributed by atoms with Crippen LogP contribution in [-0.4, -0.2) is 30.9 Å². The Morgan fingerprint density at radius 1 is 1.14 bits per heavy atom. The van der Waals surface area contributed by atoms with Gasteiger partial charge in [0.25, 0.3) is 0 Å². The SMILES string of the molecule is C[N+](C)(CC(=O)c1ccc(N)c(Cl)c1)Cc1ccccc1. The molecule has 0 aliphatic carbocycles. The summed E-state index contributed by atoms with van der Waals surface area (Å²) in [7, 11) is 4.09. The molecule has 0 amide bonds. The van der Waals surface area contributed by atoms with Crippen LogP contribution >= 0.6 is 11.6 Å². The van der Waals surface area contributed by atoms with E-state index < -0.39 is 0 Å². The van der Waals surface area contributed by atoms with Gasteiger partial charge in [-0.1, -0.05) is 41.9 Å². The van der Waals surface area contributed by atoms with Crippen molar-refractivity contribution >= 4 is 23.1 Å². The monoisotopic (exact) mass is 303 g/mol. The van der Waals surface area contributed by atoms with Crippen LogP contribution in [0.3, 0.4) is 0 Å². The number of anilines is 1. The molecule has 2 N–H and O–H groups in total. The third-order valence-corrected chi connectivity index (χ3v) is 3.67. The lowest BCUT2D eigenvalue weighted by atomic mass is 10.1. The number of likely N-dealkylation sites (N-methyl/N-ethyl adjacent to an activating group) is 1. The van der Waals surface area contributed by atoms with Gasteiger partial charge >= 0.3 is 0 Å². The minimum atomic E-state index is 0.0674. The number of carbonyl (C=O) groups is 1. The zero-order valence-corrected chi connectivity index (χ0v) is 13.1. The van der Waals surface area contributed by atoms with Crippen molar-refractivity contribution in [1.29, 1.82) is 0 Å². The zero-order chi connectivity index (χ0) is 15.5. The summed E-state index contributed by atoms with van der Waals surface area (Å²) in [5, 5.41) is 0.425. The van der Waals surface area contributed by atoms with Gasteiger partial charge in [-0.25, -0.2) is 0 Å². The molecule has 0 heterocycles. The predicted molar refractivity (Wildman–Crippen MR) is 87.3 cm³/mol. The van der Waals surface area contributed by atoms with Gasteiger partial charge in [0.15, 0.2) is 0 Å². The summed E-state index contributed by atoms with van der Waals surface area (Å²) in [6.45, 7) is 1.21. The van der Waals surface area contributed by atoms with E-state index in [4.69, 9.17) is 17.3 Å². The number of halogens is 1. The largest absolute Gasteiger partial charge is 0.398 e. The summed E-state index contributed by atoms with van der Waals surface area (Å²) in [6.07, 6.45) is 0. The molecule has 0 fully saturated rings. The number of nitrogens with two attached hydrogens (primary N) is 1. The van der Waals surface area contributed by atoms with Crippen molar-refractivity contribution in [2.45, 2.75) is 6.54 Å². The molecule has 21 heavy (non-hydrogen) atoms. The van der Waals surface area contributed by atoms with E-state index in [2.05, 4.69) is 12.1 Å². The highest BCUT2D eigenvalue weighted by molar-refractivity contribution is 6.33. The molecule has 3 nitrogen and oxygen atoms in total. The number of quaternary nitrogens is 1. The molecule has 2 rings (SSSR count). The lowest BCUT2D eigenvalue weighted by molar-refractivity contribution is -0.895. The van der Waals surface area contributed by atoms with E-state index in [1.54, 1.807) is 18.2 Å². The van der Waals surface area contributed by atoms with Crippen molar-refractivity contribution < 1.29 is 9.28 Å². The fourth-order valence-electron chi connectivity index (χ4n) is 2.31. The molecule has 110 valence electrons. The van der Waals surface area contributed by atoms with Gasteiger partial charge in [0.05, 0.1) is 24.8 Å². The minimum Gasteiger partial charge on any atom is -0.398 e. The smallest absolute Gasteiger partial charge is 0.216 e. The molecule has 0 spiro atoms. The van der Waals surface area contributed by atoms with Gasteiger partial charge in [-0.05, 0) is 18.2 Å². The minimum absolute atomic E-state index is 0.0674. The van der Waals surface area contributed by atoms with Crippen molar-refractivity contribution in [2.75, 3.05) is 26.4 Å². The maximum Gasteiger partial charge on any atom is 0.216 e. The maximum atomic E-state index is 12.4. The molecule has 0 saturated heterocycles. The van der Waals surface area contributed by atoms with Gasteiger partial charge in [-0.3, -0.25) is 4.79 Å². The molecular weight excluding hydrogens is 284 g/mol. The first-order valence-electron chi connectivity index (χ1n) is 6.81. The highest BCUT2D eigenvalue weighted by Crippen LogP contribution is 2.20. The molecule has 0 bridgehead atoms. The van der Waals surface area contributed by atoms with Crippen molar-refractivity contribution in [1.82, 2.24) is 0 Å². The highest BCUT2D eigenvalue weighted by atomic mass is 35.5. The quantitative estimate of drug-likeness (QED) is 0.523. The van der Waals surface area contributed by atoms with Crippen LogP contribution in [0.2, 0.25) is 5.02 Å². The number of carbonyl (C=O) groups excluding carboxylic acids is 1. The second-order valence-electron chi connectivity index (χ2n) is 5.90. The lowest BCUT2D eigenvalue weighted by Gasteiger charge is -2.29. The second kappa shape index (κ2) is 6.29. The first-order chi connectivity index (χ1) is 9.87. The molecule has 0 atom stereocenters. The average Bonchev–Trinajstić information content (AvgIpc) is 2.41. The molecular formula is C17H20ClN2O+. The van der Waals surface area contributed by atoms with Crippen LogP contribution in [-0.2, 0) is 6.54 Å². The molecule has 4 heteroatoms. The number of rotatable bonds is 5. The van der Waals surface area contributed by atoms with Crippen LogP contribution in [0.15, 0.2) is 48.5 Å². The summed E-state index contributed by atoms with van der Waals surface area (Å²) >= 11 is 5.98. The van der Waals surface area contributed by atoms with Crippen LogP contribution in [0.25, 0.3) is 0 Å². The number of Topliss-reactive ketones (excluding diaryl/α,β-unsaturated/α-hetero) is 1. The van der Waals surface area contributed by atoms with E-state index >= 15 is 0 Å². The van der Waals surface area contributed by atoms with E-state index in [1.807, 2.05) is 32.3 Å². The van der Waals surface area contributed by atoms with E-state index in [0.29, 0.717) is 27.3 Å². The van der Waals surface area contributed by atoms with Crippen LogP contribution in [0.5, 0.6) is 0 Å². The molecule has 0 radical (unpaired) electrons. The Labute approximate surface area is 130 Å². The van der Waals surface area contributed by atoms with Crippen LogP contribution in [0.1, 0.15) is 15.9 Å². The van der Waals surface area contributed by atoms with Crippen molar-refractivity contribution in [3.8, 4) is 0 Å². The predicted octanol–water partition coefficient (Wildman–Crippen LogP) is 3.38. The topological polar surface area (TPSA) is 43.1 Å². The van der Waals surface area contributed by atoms with Crippen LogP contribution in [0, 0.1) is 0 Å². The van der Waals surface area contributed by atoms with Crippen LogP contribution < -0.4 is 5.73 Å². The number of nitrogens with zero attached hydrogens (tertiary/aromatic N) is 1. The summed E-state index contributed by atoms with van der Waals surface area (Å²) in [4.78, 5) is 12.4. The summed E-state index contributed by atoms with van der Waals surface area (Å²) < 4.78 is 0.588. The first-order valence-corrected chi connectivity index (χ1v) is 7.19. The fraction of sp³-hybridized carbons (Fsp3) is 0.235. The number of ketones is 1. The zero-order valence-electron chi connectivity index (χ0n) is 12.3. The number of nitrogen functional groups attached to an aromatic ring is 1. The molecule has 0 unspecified atom stereocenters. The molecule has 2 aromatic carbocycles. The molecule has 0 saturated carbocycles. The normalized spacial score (nSPS) is 11.4. The standard InChI is InChI=1S/C17H19ClN2O/c1-20(2,11-13-6-4-3-5-7-13)12-17(21)14-8-9-16(19)15(18)10-14/h3-10H,11-12H2,1-2H3,(H-,19,21)/p+1. The van der Waals surface area contributed by atoms with E-state index in [1.165, 1.54) is 5.56 Å². The van der Waals surface area contributed by atoms with Crippen molar-refractivity contribution in [3.05, 3.63) is 64.7 Å². The average molecular weight is 304 g/mol. The number of benzene rings is 2. The molecule has 0 aliphatic heterocycles. The van der Waals surface area contributed by atoms with Crippen molar-refractivity contribution in [3.63, 3.8) is 0 Å². The summed E-state index contributed by atoms with van der Waals surface area (Å²) in [6, 6.07) is 15.2. The van der Waals surface area contributed by atoms with E-state index in [9.17, 15) is 4.79 Å². The Balaban J connectivity index is 2.08. The third-order valence-electron chi connectivity index (χ3n) is 3.35. The van der Waals surface area contributed by atoms with Crippen LogP contribution in [0.4, 0.5) is 5.69 Å². The Kier molecular flexibility index (Phi) is 4.66. The summed E-state index contributed by atoms with van der Waals surface area (Å²) in [5.74, 6) is 0.0674. The Morgan fingerprint density at radius 2 is 1.81 bits per heavy atom. The number of hydrogen-bond donors (Lipinski definition) is 1. The van der Waals surface area contributed by atoms with Gasteiger partial charge < -0.3 is 10.2 Å². The van der Waals surface area contributed by atoms with Gasteiger partial charge in [0.2, 0.25) is 5.78 Å². The molecule has 2 aromatic rings.